The van der Waals surface area contributed by atoms with E-state index in [1.54, 1.807) is 6.20 Å². The van der Waals surface area contributed by atoms with Gasteiger partial charge in [0.2, 0.25) is 0 Å². The summed E-state index contributed by atoms with van der Waals surface area (Å²) < 4.78 is 0. The van der Waals surface area contributed by atoms with E-state index in [0.29, 0.717) is 0 Å². The summed E-state index contributed by atoms with van der Waals surface area (Å²) in [5.74, 6) is 0. The monoisotopic (exact) mass is 261 g/mol. The van der Waals surface area contributed by atoms with Gasteiger partial charge in [0.1, 0.15) is 0 Å². The average molecular weight is 261 g/mol. The van der Waals surface area contributed by atoms with Crippen molar-refractivity contribution in [2.24, 2.45) is 0 Å². The van der Waals surface area contributed by atoms with Crippen LogP contribution < -0.4 is 5.56 Å². The minimum atomic E-state index is -0.0346. The molecule has 0 fully saturated rings. The van der Waals surface area contributed by atoms with Crippen molar-refractivity contribution in [1.82, 2.24) is 4.98 Å². The summed E-state index contributed by atoms with van der Waals surface area (Å²) in [6.45, 7) is 1.85. The van der Waals surface area contributed by atoms with E-state index in [2.05, 4.69) is 29.2 Å². The number of nitrogens with one attached hydrogen (secondary N) is 1. The molecular weight excluding hydrogens is 246 g/mol. The van der Waals surface area contributed by atoms with Gasteiger partial charge in [-0.05, 0) is 41.3 Å². The maximum atomic E-state index is 11.7. The number of H-pyrrole nitrogens is 1. The fourth-order valence-corrected chi connectivity index (χ4v) is 2.37. The first-order valence-corrected chi connectivity index (χ1v) is 6.60. The predicted octanol–water partition coefficient (Wildman–Crippen LogP) is 4.02. The lowest BCUT2D eigenvalue weighted by Crippen LogP contribution is -2.09. The molecule has 0 aliphatic carbocycles. The van der Waals surface area contributed by atoms with Crippen LogP contribution in [-0.2, 0) is 0 Å². The van der Waals surface area contributed by atoms with Crippen LogP contribution in [0.2, 0.25) is 0 Å². The van der Waals surface area contributed by atoms with Crippen molar-refractivity contribution in [2.45, 2.75) is 6.92 Å². The number of aromatic nitrogens is 1. The van der Waals surface area contributed by atoms with Crippen LogP contribution in [0.3, 0.4) is 0 Å². The van der Waals surface area contributed by atoms with Crippen molar-refractivity contribution < 1.29 is 0 Å². The molecule has 2 nitrogen and oxygen atoms in total. The molecule has 0 amide bonds. The second-order valence-electron chi connectivity index (χ2n) is 4.79. The Morgan fingerprint density at radius 2 is 1.50 bits per heavy atom. The van der Waals surface area contributed by atoms with Crippen molar-refractivity contribution in [3.8, 4) is 22.3 Å². The highest BCUT2D eigenvalue weighted by molar-refractivity contribution is 5.74. The van der Waals surface area contributed by atoms with E-state index in [1.807, 2.05) is 43.3 Å². The summed E-state index contributed by atoms with van der Waals surface area (Å²) in [6.07, 6.45) is 1.69. The molecule has 20 heavy (non-hydrogen) atoms. The summed E-state index contributed by atoms with van der Waals surface area (Å²) in [4.78, 5) is 14.4. The summed E-state index contributed by atoms with van der Waals surface area (Å²) >= 11 is 0. The zero-order valence-electron chi connectivity index (χ0n) is 11.3. The highest BCUT2D eigenvalue weighted by Crippen LogP contribution is 2.26. The molecule has 3 aromatic rings. The van der Waals surface area contributed by atoms with Crippen LogP contribution in [0.4, 0.5) is 0 Å². The molecule has 1 aromatic heterocycles. The number of benzene rings is 2. The van der Waals surface area contributed by atoms with Gasteiger partial charge in [0.25, 0.3) is 5.56 Å². The fourth-order valence-electron chi connectivity index (χ4n) is 2.37. The molecular formula is C18H15NO. The maximum Gasteiger partial charge on any atom is 0.251 e. The van der Waals surface area contributed by atoms with E-state index in [-0.39, 0.29) is 5.56 Å². The molecule has 1 heterocycles. The zero-order valence-corrected chi connectivity index (χ0v) is 11.3. The van der Waals surface area contributed by atoms with Crippen molar-refractivity contribution in [2.75, 3.05) is 0 Å². The second kappa shape index (κ2) is 5.17. The van der Waals surface area contributed by atoms with Crippen LogP contribution in [-0.4, -0.2) is 4.98 Å². The number of hydrogen-bond acceptors (Lipinski definition) is 1. The Hall–Kier alpha value is -2.61. The van der Waals surface area contributed by atoms with Crippen molar-refractivity contribution in [3.05, 3.63) is 82.8 Å². The molecule has 0 unspecified atom stereocenters. The largest absolute Gasteiger partial charge is 0.329 e. The Kier molecular flexibility index (Phi) is 3.21. The molecule has 0 radical (unpaired) electrons. The summed E-state index contributed by atoms with van der Waals surface area (Å²) in [7, 11) is 0. The van der Waals surface area contributed by atoms with E-state index in [4.69, 9.17) is 0 Å². The van der Waals surface area contributed by atoms with E-state index in [1.165, 1.54) is 5.56 Å². The highest BCUT2D eigenvalue weighted by Gasteiger charge is 2.06. The first-order chi connectivity index (χ1) is 9.75. The van der Waals surface area contributed by atoms with Gasteiger partial charge < -0.3 is 4.98 Å². The number of rotatable bonds is 2. The van der Waals surface area contributed by atoms with Gasteiger partial charge in [-0.1, -0.05) is 48.5 Å². The predicted molar refractivity (Wildman–Crippen MR) is 82.7 cm³/mol. The molecule has 0 aliphatic heterocycles. The van der Waals surface area contributed by atoms with E-state index in [0.717, 1.165) is 22.3 Å². The van der Waals surface area contributed by atoms with E-state index in [9.17, 15) is 4.79 Å². The van der Waals surface area contributed by atoms with Gasteiger partial charge >= 0.3 is 0 Å². The van der Waals surface area contributed by atoms with Crippen LogP contribution >= 0.6 is 0 Å². The third-order valence-corrected chi connectivity index (χ3v) is 3.49. The van der Waals surface area contributed by atoms with Crippen LogP contribution in [0.1, 0.15) is 5.56 Å². The van der Waals surface area contributed by atoms with Gasteiger partial charge in [0, 0.05) is 11.8 Å². The van der Waals surface area contributed by atoms with E-state index < -0.39 is 0 Å². The van der Waals surface area contributed by atoms with E-state index >= 15 is 0 Å². The quantitative estimate of drug-likeness (QED) is 0.742. The molecule has 0 bridgehead atoms. The van der Waals surface area contributed by atoms with Crippen LogP contribution in [0.5, 0.6) is 0 Å². The Balaban J connectivity index is 2.13. The number of hydrogen-bond donors (Lipinski definition) is 1. The van der Waals surface area contributed by atoms with Gasteiger partial charge in [0.15, 0.2) is 0 Å². The molecule has 2 heteroatoms. The molecule has 0 spiro atoms. The summed E-state index contributed by atoms with van der Waals surface area (Å²) in [5.41, 5.74) is 5.09. The minimum absolute atomic E-state index is 0.0346. The standard InChI is InChI=1S/C18H15NO/c1-13-17(10-11-19-18(13)20)16-9-5-8-15(12-16)14-6-3-2-4-7-14/h2-12H,1H3,(H,19,20). The molecule has 0 saturated heterocycles. The average Bonchev–Trinajstić information content (AvgIpc) is 2.51. The lowest BCUT2D eigenvalue weighted by molar-refractivity contribution is 1.18. The van der Waals surface area contributed by atoms with Crippen molar-refractivity contribution in [1.29, 1.82) is 0 Å². The number of pyridine rings is 1. The van der Waals surface area contributed by atoms with Gasteiger partial charge in [-0.25, -0.2) is 0 Å². The lowest BCUT2D eigenvalue weighted by Gasteiger charge is -2.08. The molecule has 3 rings (SSSR count). The third-order valence-electron chi connectivity index (χ3n) is 3.49. The molecule has 1 N–H and O–H groups in total. The van der Waals surface area contributed by atoms with Gasteiger partial charge in [0.05, 0.1) is 0 Å². The first kappa shape index (κ1) is 12.4. The molecule has 0 atom stereocenters. The zero-order chi connectivity index (χ0) is 13.9. The van der Waals surface area contributed by atoms with Crippen molar-refractivity contribution >= 4 is 0 Å². The summed E-state index contributed by atoms with van der Waals surface area (Å²) in [5, 5.41) is 0. The Bertz CT molecular complexity index is 788. The number of aromatic amines is 1. The minimum Gasteiger partial charge on any atom is -0.329 e. The van der Waals surface area contributed by atoms with Gasteiger partial charge in [-0.15, -0.1) is 0 Å². The van der Waals surface area contributed by atoms with Crippen LogP contribution in [0.25, 0.3) is 22.3 Å². The molecule has 98 valence electrons. The molecule has 2 aromatic carbocycles. The summed E-state index contributed by atoms with van der Waals surface area (Å²) in [6, 6.07) is 20.5. The second-order valence-corrected chi connectivity index (χ2v) is 4.79. The van der Waals surface area contributed by atoms with Gasteiger partial charge in [-0.2, -0.15) is 0 Å². The Morgan fingerprint density at radius 1 is 0.800 bits per heavy atom. The van der Waals surface area contributed by atoms with Gasteiger partial charge in [-0.3, -0.25) is 4.79 Å². The van der Waals surface area contributed by atoms with Crippen molar-refractivity contribution in [3.63, 3.8) is 0 Å². The third kappa shape index (κ3) is 2.28. The highest BCUT2D eigenvalue weighted by atomic mass is 16.1. The topological polar surface area (TPSA) is 32.9 Å². The maximum absolute atomic E-state index is 11.7. The fraction of sp³-hybridized carbons (Fsp3) is 0.0556. The smallest absolute Gasteiger partial charge is 0.251 e. The lowest BCUT2D eigenvalue weighted by atomic mass is 9.97. The Labute approximate surface area is 117 Å². The Morgan fingerprint density at radius 3 is 2.30 bits per heavy atom. The normalized spacial score (nSPS) is 10.4. The first-order valence-electron chi connectivity index (χ1n) is 6.60. The SMILES string of the molecule is Cc1c(-c2cccc(-c3ccccc3)c2)cc[nH]c1=O. The van der Waals surface area contributed by atoms with Crippen LogP contribution in [0.15, 0.2) is 71.7 Å². The molecule has 0 aliphatic rings. The van der Waals surface area contributed by atoms with Crippen LogP contribution in [0, 0.1) is 6.92 Å². The molecule has 0 saturated carbocycles.